The number of aliphatic carboxylic acids is 1. The smallest absolute Gasteiger partial charge is 0.315 e. The summed E-state index contributed by atoms with van der Waals surface area (Å²) < 4.78 is 5.86. The molecule has 2 aromatic rings. The van der Waals surface area contributed by atoms with Gasteiger partial charge in [0.25, 0.3) is 0 Å². The van der Waals surface area contributed by atoms with Gasteiger partial charge in [0, 0.05) is 5.56 Å². The van der Waals surface area contributed by atoms with Crippen LogP contribution in [0.1, 0.15) is 48.9 Å². The predicted octanol–water partition coefficient (Wildman–Crippen LogP) is 4.09. The molecule has 0 fully saturated rings. The minimum atomic E-state index is -0.842. The second-order valence-corrected chi connectivity index (χ2v) is 6.76. The molecule has 1 N–H and O–H groups in total. The fourth-order valence-electron chi connectivity index (χ4n) is 2.91. The van der Waals surface area contributed by atoms with Crippen LogP contribution in [-0.2, 0) is 16.8 Å². The molecule has 3 nitrogen and oxygen atoms in total. The Morgan fingerprint density at radius 3 is 2.55 bits per heavy atom. The van der Waals surface area contributed by atoms with Crippen molar-refractivity contribution >= 4 is 5.97 Å². The molecule has 2 aromatic carbocycles. The van der Waals surface area contributed by atoms with E-state index in [1.165, 1.54) is 0 Å². The summed E-state index contributed by atoms with van der Waals surface area (Å²) in [5, 5.41) is 9.79. The highest BCUT2D eigenvalue weighted by Gasteiger charge is 2.31. The molecule has 3 heteroatoms. The van der Waals surface area contributed by atoms with Crippen molar-refractivity contribution in [2.75, 3.05) is 0 Å². The third kappa shape index (κ3) is 2.47. The topological polar surface area (TPSA) is 46.5 Å². The van der Waals surface area contributed by atoms with Crippen LogP contribution < -0.4 is 4.74 Å². The molecule has 0 bridgehead atoms. The van der Waals surface area contributed by atoms with Gasteiger partial charge in [-0.2, -0.15) is 0 Å². The van der Waals surface area contributed by atoms with Crippen molar-refractivity contribution < 1.29 is 14.6 Å². The average molecular weight is 296 g/mol. The van der Waals surface area contributed by atoms with Crippen LogP contribution in [-0.4, -0.2) is 11.1 Å². The average Bonchev–Trinajstić information content (AvgIpc) is 2.62. The zero-order chi connectivity index (χ0) is 15.9. The van der Waals surface area contributed by atoms with E-state index >= 15 is 0 Å². The first-order valence-corrected chi connectivity index (χ1v) is 7.46. The van der Waals surface area contributed by atoms with Gasteiger partial charge < -0.3 is 9.84 Å². The summed E-state index contributed by atoms with van der Waals surface area (Å²) >= 11 is 0. The predicted molar refractivity (Wildman–Crippen MR) is 85.4 cm³/mol. The molecule has 0 aliphatic carbocycles. The van der Waals surface area contributed by atoms with Crippen molar-refractivity contribution in [3.05, 3.63) is 64.7 Å². The Labute approximate surface area is 130 Å². The van der Waals surface area contributed by atoms with Gasteiger partial charge in [0.05, 0.1) is 0 Å². The summed E-state index contributed by atoms with van der Waals surface area (Å²) in [6, 6.07) is 13.5. The fourth-order valence-corrected chi connectivity index (χ4v) is 2.91. The molecule has 0 radical (unpaired) electrons. The van der Waals surface area contributed by atoms with Crippen molar-refractivity contribution in [1.29, 1.82) is 0 Å². The lowest BCUT2D eigenvalue weighted by Crippen LogP contribution is -2.16. The zero-order valence-electron chi connectivity index (χ0n) is 13.1. The summed E-state index contributed by atoms with van der Waals surface area (Å²) in [7, 11) is 0. The summed E-state index contributed by atoms with van der Waals surface area (Å²) in [5.74, 6) is -0.863. The highest BCUT2D eigenvalue weighted by atomic mass is 16.5. The first-order valence-electron chi connectivity index (χ1n) is 7.46. The van der Waals surface area contributed by atoms with Gasteiger partial charge in [0.2, 0.25) is 0 Å². The van der Waals surface area contributed by atoms with E-state index in [0.717, 1.165) is 22.3 Å². The van der Waals surface area contributed by atoms with Crippen LogP contribution >= 0.6 is 0 Å². The van der Waals surface area contributed by atoms with Crippen LogP contribution in [0.25, 0.3) is 0 Å². The number of rotatable bonds is 1. The lowest BCUT2D eigenvalue weighted by molar-refractivity contribution is -0.137. The first kappa shape index (κ1) is 14.6. The number of carboxylic acids is 1. The summed E-state index contributed by atoms with van der Waals surface area (Å²) in [4.78, 5) is 11.9. The maximum absolute atomic E-state index is 11.9. The van der Waals surface area contributed by atoms with E-state index in [1.54, 1.807) is 0 Å². The number of hydrogen-bond acceptors (Lipinski definition) is 2. The Bertz CT molecular complexity index is 726. The summed E-state index contributed by atoms with van der Waals surface area (Å²) in [6.45, 7) is 6.77. The third-order valence-corrected chi connectivity index (χ3v) is 4.18. The van der Waals surface area contributed by atoms with Gasteiger partial charge in [0.15, 0.2) is 0 Å². The number of benzene rings is 2. The van der Waals surface area contributed by atoms with E-state index in [4.69, 9.17) is 4.74 Å². The maximum Gasteiger partial charge on any atom is 0.315 e. The van der Waals surface area contributed by atoms with E-state index in [-0.39, 0.29) is 5.41 Å². The molecule has 1 heterocycles. The molecule has 22 heavy (non-hydrogen) atoms. The monoisotopic (exact) mass is 296 g/mol. The molecule has 0 amide bonds. The molecule has 0 saturated carbocycles. The summed E-state index contributed by atoms with van der Waals surface area (Å²) in [6.07, 6.45) is 0. The molecule has 1 atom stereocenters. The van der Waals surface area contributed by atoms with Crippen LogP contribution in [0.5, 0.6) is 5.75 Å². The van der Waals surface area contributed by atoms with Gasteiger partial charge in [-0.1, -0.05) is 57.2 Å². The molecular formula is C19H20O3. The Morgan fingerprint density at radius 2 is 1.86 bits per heavy atom. The quantitative estimate of drug-likeness (QED) is 0.862. The van der Waals surface area contributed by atoms with E-state index in [2.05, 4.69) is 20.8 Å². The molecule has 3 rings (SSSR count). The fraction of sp³-hybridized carbons (Fsp3) is 0.316. The Balaban J connectivity index is 2.22. The molecule has 114 valence electrons. The van der Waals surface area contributed by atoms with Gasteiger partial charge in [-0.3, -0.25) is 4.79 Å². The number of carboxylic acid groups (broad SMARTS) is 1. The van der Waals surface area contributed by atoms with Gasteiger partial charge in [-0.25, -0.2) is 0 Å². The Kier molecular flexibility index (Phi) is 3.44. The van der Waals surface area contributed by atoms with Gasteiger partial charge >= 0.3 is 5.97 Å². The molecule has 0 aromatic heterocycles. The van der Waals surface area contributed by atoms with Gasteiger partial charge in [-0.05, 0) is 28.2 Å². The van der Waals surface area contributed by atoms with E-state index < -0.39 is 11.9 Å². The highest BCUT2D eigenvalue weighted by molar-refractivity contribution is 5.82. The number of ether oxygens (including phenoxy) is 1. The second-order valence-electron chi connectivity index (χ2n) is 6.76. The lowest BCUT2D eigenvalue weighted by Gasteiger charge is -2.22. The second kappa shape index (κ2) is 5.16. The largest absolute Gasteiger partial charge is 0.489 e. The van der Waals surface area contributed by atoms with Crippen molar-refractivity contribution in [3.8, 4) is 5.75 Å². The summed E-state index contributed by atoms with van der Waals surface area (Å²) in [5.41, 5.74) is 3.57. The molecule has 0 saturated heterocycles. The highest BCUT2D eigenvalue weighted by Crippen LogP contribution is 2.39. The minimum Gasteiger partial charge on any atom is -0.489 e. The van der Waals surface area contributed by atoms with Crippen LogP contribution in [0, 0.1) is 0 Å². The first-order chi connectivity index (χ1) is 10.4. The minimum absolute atomic E-state index is 0.0378. The number of fused-ring (bicyclic) bond motifs is 2. The standard InChI is InChI=1S/C19H20O3/c1-19(2,3)13-8-9-16-15(10-13)17(18(20)21)14-7-5-4-6-12(14)11-22-16/h4-10,17H,11H2,1-3H3,(H,20,21)/t17-/m1/s1. The molecule has 0 spiro atoms. The lowest BCUT2D eigenvalue weighted by atomic mass is 9.82. The third-order valence-electron chi connectivity index (χ3n) is 4.18. The molecule has 1 aliphatic rings. The van der Waals surface area contributed by atoms with Crippen LogP contribution in [0.3, 0.4) is 0 Å². The molecule has 0 unspecified atom stereocenters. The van der Waals surface area contributed by atoms with E-state index in [1.807, 2.05) is 42.5 Å². The van der Waals surface area contributed by atoms with Crippen LogP contribution in [0.15, 0.2) is 42.5 Å². The zero-order valence-corrected chi connectivity index (χ0v) is 13.1. The van der Waals surface area contributed by atoms with Crippen LogP contribution in [0.4, 0.5) is 0 Å². The van der Waals surface area contributed by atoms with Crippen molar-refractivity contribution in [1.82, 2.24) is 0 Å². The molecular weight excluding hydrogens is 276 g/mol. The normalized spacial score (nSPS) is 17.0. The van der Waals surface area contributed by atoms with Gasteiger partial charge in [-0.15, -0.1) is 0 Å². The van der Waals surface area contributed by atoms with E-state index in [0.29, 0.717) is 12.4 Å². The van der Waals surface area contributed by atoms with Gasteiger partial charge in [0.1, 0.15) is 18.3 Å². The van der Waals surface area contributed by atoms with E-state index in [9.17, 15) is 9.90 Å². The Morgan fingerprint density at radius 1 is 1.14 bits per heavy atom. The number of carbonyl (C=O) groups is 1. The molecule has 1 aliphatic heterocycles. The van der Waals surface area contributed by atoms with Crippen LogP contribution in [0.2, 0.25) is 0 Å². The van der Waals surface area contributed by atoms with Crippen molar-refractivity contribution in [3.63, 3.8) is 0 Å². The maximum atomic E-state index is 11.9. The SMILES string of the molecule is CC(C)(C)c1ccc2c(c1)[C@H](C(=O)O)c1ccccc1CO2. The Hall–Kier alpha value is -2.29. The van der Waals surface area contributed by atoms with Crippen molar-refractivity contribution in [2.45, 2.75) is 38.7 Å². The number of hydrogen-bond donors (Lipinski definition) is 1. The van der Waals surface area contributed by atoms with Crippen molar-refractivity contribution in [2.24, 2.45) is 0 Å².